The number of carbonyl (C=O) groups excluding carboxylic acids is 1. The second kappa shape index (κ2) is 3.58. The first-order chi connectivity index (χ1) is 2.64. The van der Waals surface area contributed by atoms with E-state index < -0.39 is 12.1 Å². The summed E-state index contributed by atoms with van der Waals surface area (Å²) in [7, 11) is 0. The Morgan fingerprint density at radius 1 is 1.86 bits per heavy atom. The van der Waals surface area contributed by atoms with Gasteiger partial charge in [0, 0.05) is 0 Å². The van der Waals surface area contributed by atoms with Gasteiger partial charge in [-0.05, 0) is 6.92 Å². The number of aliphatic carboxylic acids is 1. The van der Waals surface area contributed by atoms with Crippen molar-refractivity contribution in [1.82, 2.24) is 0 Å². The molecule has 1 unspecified atom stereocenters. The number of hydrogen-bond donors (Lipinski definition) is 1. The normalized spacial score (nSPS) is 11.7. The number of hydrogen-bond acceptors (Lipinski definition) is 3. The summed E-state index contributed by atoms with van der Waals surface area (Å²) in [6, 6.07) is 0. The van der Waals surface area contributed by atoms with Crippen LogP contribution in [-0.4, -0.2) is 22.7 Å². The molecule has 0 radical (unpaired) electrons. The summed E-state index contributed by atoms with van der Waals surface area (Å²) in [5, 5.41) is 17.3. The van der Waals surface area contributed by atoms with Crippen LogP contribution >= 0.6 is 0 Å². The minimum Gasteiger partial charge on any atom is -0.547 e. The van der Waals surface area contributed by atoms with Crippen LogP contribution in [0.5, 0.6) is 0 Å². The molecule has 0 fully saturated rings. The van der Waals surface area contributed by atoms with Crippen LogP contribution in [0.15, 0.2) is 0 Å². The van der Waals surface area contributed by atoms with Gasteiger partial charge in [0.05, 0.1) is 12.1 Å². The van der Waals surface area contributed by atoms with Crippen molar-refractivity contribution < 1.29 is 20.5 Å². The van der Waals surface area contributed by atoms with Crippen molar-refractivity contribution >= 4 is 5.97 Å². The van der Waals surface area contributed by atoms with Crippen LogP contribution in [0.3, 0.4) is 0 Å². The second-order valence-electron chi connectivity index (χ2n) is 0.995. The topological polar surface area (TPSA) is 91.9 Å². The molecule has 7 heavy (non-hydrogen) atoms. The van der Waals surface area contributed by atoms with Crippen molar-refractivity contribution in [2.24, 2.45) is 0 Å². The average Bonchev–Trinajstić information content (AvgIpc) is 1.36. The fourth-order valence-corrected chi connectivity index (χ4v) is 0. The molecular formula is C3H7O4-. The molecule has 0 rings (SSSR count). The zero-order valence-corrected chi connectivity index (χ0v) is 3.84. The lowest BCUT2D eigenvalue weighted by atomic mass is 10.4. The van der Waals surface area contributed by atoms with Crippen molar-refractivity contribution in [2.45, 2.75) is 13.0 Å². The maximum Gasteiger partial charge on any atom is 0.0905 e. The van der Waals surface area contributed by atoms with Gasteiger partial charge in [-0.3, -0.25) is 0 Å². The molecule has 0 saturated heterocycles. The summed E-state index contributed by atoms with van der Waals surface area (Å²) in [5.41, 5.74) is 0. The fraction of sp³-hybridized carbons (Fsp3) is 0.667. The summed E-state index contributed by atoms with van der Waals surface area (Å²) in [6.07, 6.45) is -1.34. The predicted molar refractivity (Wildman–Crippen MR) is 20.3 cm³/mol. The molecule has 4 heteroatoms. The van der Waals surface area contributed by atoms with Crippen LogP contribution in [0, 0.1) is 0 Å². The molecule has 0 aliphatic carbocycles. The summed E-state index contributed by atoms with van der Waals surface area (Å²) >= 11 is 0. The van der Waals surface area contributed by atoms with Gasteiger partial charge in [-0.1, -0.05) is 0 Å². The molecule has 3 N–H and O–H groups in total. The van der Waals surface area contributed by atoms with Gasteiger partial charge in [0.2, 0.25) is 0 Å². The van der Waals surface area contributed by atoms with Gasteiger partial charge in [-0.2, -0.15) is 0 Å². The molecule has 0 bridgehead atoms. The Kier molecular flexibility index (Phi) is 4.92. The summed E-state index contributed by atoms with van der Waals surface area (Å²) < 4.78 is 0. The maximum atomic E-state index is 9.34. The lowest BCUT2D eigenvalue weighted by Gasteiger charge is -2.00. The Labute approximate surface area is 40.7 Å². The van der Waals surface area contributed by atoms with E-state index in [0.29, 0.717) is 0 Å². The minimum atomic E-state index is -1.44. The molecule has 44 valence electrons. The Hall–Kier alpha value is -0.610. The van der Waals surface area contributed by atoms with Crippen molar-refractivity contribution in [2.75, 3.05) is 0 Å². The summed E-state index contributed by atoms with van der Waals surface area (Å²) in [4.78, 5) is 9.34. The molecule has 0 heterocycles. The lowest BCUT2D eigenvalue weighted by molar-refractivity contribution is -0.314. The highest BCUT2D eigenvalue weighted by Gasteiger charge is 1.89. The monoisotopic (exact) mass is 107 g/mol. The smallest absolute Gasteiger partial charge is 0.0905 e. The van der Waals surface area contributed by atoms with Crippen LogP contribution in [0.2, 0.25) is 0 Å². The minimum absolute atomic E-state index is 0. The first kappa shape index (κ1) is 9.63. The Balaban J connectivity index is 0. The van der Waals surface area contributed by atoms with Gasteiger partial charge in [-0.25, -0.2) is 0 Å². The highest BCUT2D eigenvalue weighted by Crippen LogP contribution is 1.69. The fourth-order valence-electron chi connectivity index (χ4n) is 0. The van der Waals surface area contributed by atoms with E-state index in [-0.39, 0.29) is 5.48 Å². The first-order valence-corrected chi connectivity index (χ1v) is 1.53. The molecular weight excluding hydrogens is 100 g/mol. The first-order valence-electron chi connectivity index (χ1n) is 1.53. The second-order valence-corrected chi connectivity index (χ2v) is 0.995. The van der Waals surface area contributed by atoms with Crippen LogP contribution < -0.4 is 5.11 Å². The molecule has 4 nitrogen and oxygen atoms in total. The third kappa shape index (κ3) is 5.39. The van der Waals surface area contributed by atoms with Gasteiger partial charge in [0.1, 0.15) is 0 Å². The van der Waals surface area contributed by atoms with Crippen LogP contribution in [0.4, 0.5) is 0 Å². The summed E-state index contributed by atoms with van der Waals surface area (Å²) in [6.45, 7) is 1.13. The van der Waals surface area contributed by atoms with Gasteiger partial charge in [0.25, 0.3) is 0 Å². The Bertz CT molecular complexity index is 58.0. The third-order valence-electron chi connectivity index (χ3n) is 0.341. The molecule has 0 aromatic carbocycles. The van der Waals surface area contributed by atoms with Gasteiger partial charge < -0.3 is 20.5 Å². The number of carboxylic acids is 1. The van der Waals surface area contributed by atoms with Crippen LogP contribution in [0.25, 0.3) is 0 Å². The van der Waals surface area contributed by atoms with Crippen molar-refractivity contribution in [3.05, 3.63) is 0 Å². The standard InChI is InChI=1S/C3H6O3.H2O/c1-2(4)3(5)6;/h2,4H,1H3,(H,5,6);1H2/p-1. The number of aliphatic hydroxyl groups is 1. The Morgan fingerprint density at radius 2 is 2.00 bits per heavy atom. The average molecular weight is 107 g/mol. The molecule has 1 atom stereocenters. The zero-order valence-electron chi connectivity index (χ0n) is 3.84. The molecule has 0 aromatic heterocycles. The molecule has 0 aliphatic rings. The van der Waals surface area contributed by atoms with E-state index in [0.717, 1.165) is 6.92 Å². The zero-order chi connectivity index (χ0) is 5.15. The largest absolute Gasteiger partial charge is 0.547 e. The Morgan fingerprint density at radius 3 is 2.00 bits per heavy atom. The lowest BCUT2D eigenvalue weighted by Crippen LogP contribution is -2.32. The summed E-state index contributed by atoms with van der Waals surface area (Å²) in [5.74, 6) is -1.44. The van der Waals surface area contributed by atoms with E-state index in [4.69, 9.17) is 5.11 Å². The van der Waals surface area contributed by atoms with Crippen LogP contribution in [-0.2, 0) is 4.79 Å². The van der Waals surface area contributed by atoms with E-state index in [2.05, 4.69) is 0 Å². The van der Waals surface area contributed by atoms with E-state index in [1.165, 1.54) is 0 Å². The van der Waals surface area contributed by atoms with Crippen molar-refractivity contribution in [1.29, 1.82) is 0 Å². The molecule has 0 aromatic rings. The van der Waals surface area contributed by atoms with E-state index in [1.54, 1.807) is 0 Å². The number of aliphatic hydroxyl groups excluding tert-OH is 1. The molecule has 0 amide bonds. The maximum absolute atomic E-state index is 9.34. The van der Waals surface area contributed by atoms with E-state index in [1.807, 2.05) is 0 Å². The predicted octanol–water partition coefficient (Wildman–Crippen LogP) is -2.71. The van der Waals surface area contributed by atoms with Gasteiger partial charge >= 0.3 is 0 Å². The number of carboxylic acid groups (broad SMARTS) is 1. The third-order valence-corrected chi connectivity index (χ3v) is 0.341. The number of carbonyl (C=O) groups is 1. The van der Waals surface area contributed by atoms with Crippen molar-refractivity contribution in [3.8, 4) is 0 Å². The molecule has 0 saturated carbocycles. The quantitative estimate of drug-likeness (QED) is 0.395. The molecule has 0 aliphatic heterocycles. The SMILES string of the molecule is CC(O)C(=O)[O-].O. The number of rotatable bonds is 1. The van der Waals surface area contributed by atoms with Crippen molar-refractivity contribution in [3.63, 3.8) is 0 Å². The van der Waals surface area contributed by atoms with E-state index in [9.17, 15) is 9.90 Å². The molecule has 0 spiro atoms. The highest BCUT2D eigenvalue weighted by atomic mass is 16.4. The van der Waals surface area contributed by atoms with Crippen LogP contribution in [0.1, 0.15) is 6.92 Å². The van der Waals surface area contributed by atoms with Gasteiger partial charge in [0.15, 0.2) is 0 Å². The highest BCUT2D eigenvalue weighted by molar-refractivity contribution is 5.68. The van der Waals surface area contributed by atoms with Gasteiger partial charge in [-0.15, -0.1) is 0 Å². The van der Waals surface area contributed by atoms with E-state index >= 15 is 0 Å².